The lowest BCUT2D eigenvalue weighted by molar-refractivity contribution is -0.384. The van der Waals surface area contributed by atoms with Gasteiger partial charge in [-0.3, -0.25) is 19.8 Å². The van der Waals surface area contributed by atoms with Crippen molar-refractivity contribution in [3.05, 3.63) is 105 Å². The SMILES string of the molecule is COc1ccc(N2C(=O)/C(=C\c3ccc([N+](=O)[O-])cc3)N=C2c2ccc(C)cc2)cc1. The van der Waals surface area contributed by atoms with Gasteiger partial charge in [0, 0.05) is 17.7 Å². The van der Waals surface area contributed by atoms with E-state index in [1.165, 1.54) is 12.1 Å². The summed E-state index contributed by atoms with van der Waals surface area (Å²) in [6.07, 6.45) is 1.63. The number of methoxy groups -OCH3 is 1. The molecule has 1 amide bonds. The standard InChI is InChI=1S/C24H19N3O4/c1-16-3-7-18(8-4-16)23-25-22(15-17-5-9-20(10-6-17)27(29)30)24(28)26(23)19-11-13-21(31-2)14-12-19/h3-15H,1-2H3/b22-15+. The summed E-state index contributed by atoms with van der Waals surface area (Å²) < 4.78 is 5.22. The van der Waals surface area contributed by atoms with Crippen LogP contribution in [-0.4, -0.2) is 23.8 Å². The maximum atomic E-state index is 13.3. The summed E-state index contributed by atoms with van der Waals surface area (Å²) in [6.45, 7) is 1.99. The number of carbonyl (C=O) groups is 1. The smallest absolute Gasteiger partial charge is 0.282 e. The Labute approximate surface area is 179 Å². The van der Waals surface area contributed by atoms with E-state index in [0.29, 0.717) is 22.8 Å². The summed E-state index contributed by atoms with van der Waals surface area (Å²) in [4.78, 5) is 29.9. The third-order valence-corrected chi connectivity index (χ3v) is 4.91. The number of nitro benzene ring substituents is 1. The van der Waals surface area contributed by atoms with Crippen LogP contribution in [0.1, 0.15) is 16.7 Å². The van der Waals surface area contributed by atoms with Crippen molar-refractivity contribution < 1.29 is 14.5 Å². The minimum atomic E-state index is -0.462. The minimum Gasteiger partial charge on any atom is -0.497 e. The predicted octanol–water partition coefficient (Wildman–Crippen LogP) is 4.75. The van der Waals surface area contributed by atoms with Crippen LogP contribution in [0.15, 0.2) is 83.5 Å². The van der Waals surface area contributed by atoms with Gasteiger partial charge in [-0.2, -0.15) is 0 Å². The monoisotopic (exact) mass is 413 g/mol. The zero-order valence-corrected chi connectivity index (χ0v) is 17.0. The number of nitro groups is 1. The number of benzene rings is 3. The highest BCUT2D eigenvalue weighted by Crippen LogP contribution is 2.29. The molecule has 7 nitrogen and oxygen atoms in total. The summed E-state index contributed by atoms with van der Waals surface area (Å²) in [5, 5.41) is 10.9. The van der Waals surface area contributed by atoms with Crippen LogP contribution >= 0.6 is 0 Å². The second-order valence-electron chi connectivity index (χ2n) is 7.02. The molecule has 0 spiro atoms. The first-order chi connectivity index (χ1) is 15.0. The molecule has 0 atom stereocenters. The molecule has 3 aromatic carbocycles. The summed E-state index contributed by atoms with van der Waals surface area (Å²) in [5.74, 6) is 0.924. The van der Waals surface area contributed by atoms with Crippen molar-refractivity contribution in [1.29, 1.82) is 0 Å². The van der Waals surface area contributed by atoms with Crippen LogP contribution in [0.25, 0.3) is 6.08 Å². The number of ether oxygens (including phenoxy) is 1. The second kappa shape index (κ2) is 8.23. The van der Waals surface area contributed by atoms with Crippen molar-refractivity contribution in [3.8, 4) is 5.75 Å². The average molecular weight is 413 g/mol. The number of anilines is 1. The van der Waals surface area contributed by atoms with Crippen LogP contribution in [-0.2, 0) is 4.79 Å². The lowest BCUT2D eigenvalue weighted by Crippen LogP contribution is -2.32. The Balaban J connectivity index is 1.77. The predicted molar refractivity (Wildman–Crippen MR) is 119 cm³/mol. The number of aryl methyl sites for hydroxylation is 1. The van der Waals surface area contributed by atoms with Crippen molar-refractivity contribution >= 4 is 29.2 Å². The maximum Gasteiger partial charge on any atom is 0.282 e. The molecule has 0 aliphatic carbocycles. The number of aliphatic imine (C=N–C) groups is 1. The number of amides is 1. The number of carbonyl (C=O) groups excluding carboxylic acids is 1. The Morgan fingerprint density at radius 2 is 1.61 bits per heavy atom. The molecule has 0 fully saturated rings. The molecule has 7 heteroatoms. The van der Waals surface area contributed by atoms with E-state index in [4.69, 9.17) is 4.74 Å². The summed E-state index contributed by atoms with van der Waals surface area (Å²) in [6, 6.07) is 20.9. The van der Waals surface area contributed by atoms with Gasteiger partial charge < -0.3 is 4.74 Å². The van der Waals surface area contributed by atoms with E-state index < -0.39 is 4.92 Å². The van der Waals surface area contributed by atoms with Crippen LogP contribution in [0.3, 0.4) is 0 Å². The first kappa shape index (κ1) is 20.0. The van der Waals surface area contributed by atoms with Crippen molar-refractivity contribution in [1.82, 2.24) is 0 Å². The number of hydrogen-bond donors (Lipinski definition) is 0. The summed E-state index contributed by atoms with van der Waals surface area (Å²) >= 11 is 0. The van der Waals surface area contributed by atoms with Gasteiger partial charge in [0.1, 0.15) is 17.3 Å². The van der Waals surface area contributed by atoms with Gasteiger partial charge in [0.25, 0.3) is 11.6 Å². The Kier molecular flexibility index (Phi) is 5.32. The van der Waals surface area contributed by atoms with Gasteiger partial charge in [-0.15, -0.1) is 0 Å². The number of hydrogen-bond acceptors (Lipinski definition) is 5. The van der Waals surface area contributed by atoms with Gasteiger partial charge in [-0.1, -0.05) is 29.8 Å². The summed E-state index contributed by atoms with van der Waals surface area (Å²) in [7, 11) is 1.58. The van der Waals surface area contributed by atoms with Crippen molar-refractivity contribution in [3.63, 3.8) is 0 Å². The molecule has 0 N–H and O–H groups in total. The van der Waals surface area contributed by atoms with E-state index in [1.54, 1.807) is 54.5 Å². The van der Waals surface area contributed by atoms with E-state index in [2.05, 4.69) is 4.99 Å². The molecule has 0 bridgehead atoms. The van der Waals surface area contributed by atoms with Crippen molar-refractivity contribution in [2.45, 2.75) is 6.92 Å². The van der Waals surface area contributed by atoms with Gasteiger partial charge in [-0.25, -0.2) is 4.99 Å². The fraction of sp³-hybridized carbons (Fsp3) is 0.0833. The zero-order chi connectivity index (χ0) is 22.0. The van der Waals surface area contributed by atoms with E-state index in [1.807, 2.05) is 31.2 Å². The lowest BCUT2D eigenvalue weighted by atomic mass is 10.1. The van der Waals surface area contributed by atoms with E-state index in [0.717, 1.165) is 11.1 Å². The Hall–Kier alpha value is -4.26. The van der Waals surface area contributed by atoms with E-state index >= 15 is 0 Å². The highest BCUT2D eigenvalue weighted by Gasteiger charge is 2.32. The number of nitrogens with zero attached hydrogens (tertiary/aromatic N) is 3. The van der Waals surface area contributed by atoms with E-state index in [9.17, 15) is 14.9 Å². The molecule has 0 saturated heterocycles. The molecule has 1 aliphatic heterocycles. The number of rotatable bonds is 5. The van der Waals surface area contributed by atoms with Crippen molar-refractivity contribution in [2.75, 3.05) is 12.0 Å². The average Bonchev–Trinajstić information content (AvgIpc) is 3.10. The van der Waals surface area contributed by atoms with Gasteiger partial charge in [0.05, 0.1) is 17.7 Å². The molecule has 0 aromatic heterocycles. The molecular weight excluding hydrogens is 394 g/mol. The minimum absolute atomic E-state index is 0.0106. The lowest BCUT2D eigenvalue weighted by Gasteiger charge is -2.19. The first-order valence-corrected chi connectivity index (χ1v) is 9.56. The van der Waals surface area contributed by atoms with Crippen LogP contribution in [0.5, 0.6) is 5.75 Å². The number of non-ortho nitro benzene ring substituents is 1. The third-order valence-electron chi connectivity index (χ3n) is 4.91. The quantitative estimate of drug-likeness (QED) is 0.343. The highest BCUT2D eigenvalue weighted by molar-refractivity contribution is 6.33. The summed E-state index contributed by atoms with van der Waals surface area (Å²) in [5.41, 5.74) is 3.46. The molecule has 31 heavy (non-hydrogen) atoms. The van der Waals surface area contributed by atoms with Gasteiger partial charge in [0.2, 0.25) is 0 Å². The van der Waals surface area contributed by atoms with Crippen LogP contribution in [0.2, 0.25) is 0 Å². The molecule has 1 aliphatic rings. The van der Waals surface area contributed by atoms with Crippen LogP contribution < -0.4 is 9.64 Å². The molecule has 0 saturated carbocycles. The molecular formula is C24H19N3O4. The van der Waals surface area contributed by atoms with Crippen LogP contribution in [0.4, 0.5) is 11.4 Å². The molecule has 154 valence electrons. The third kappa shape index (κ3) is 4.06. The van der Waals surface area contributed by atoms with E-state index in [-0.39, 0.29) is 17.3 Å². The molecule has 1 heterocycles. The fourth-order valence-electron chi connectivity index (χ4n) is 3.23. The van der Waals surface area contributed by atoms with Gasteiger partial charge >= 0.3 is 0 Å². The van der Waals surface area contributed by atoms with Crippen LogP contribution in [0, 0.1) is 17.0 Å². The second-order valence-corrected chi connectivity index (χ2v) is 7.02. The van der Waals surface area contributed by atoms with Crippen molar-refractivity contribution in [2.24, 2.45) is 4.99 Å². The Bertz CT molecular complexity index is 1200. The Morgan fingerprint density at radius 3 is 2.19 bits per heavy atom. The first-order valence-electron chi connectivity index (χ1n) is 9.56. The number of amidine groups is 1. The topological polar surface area (TPSA) is 85.0 Å². The van der Waals surface area contributed by atoms with Gasteiger partial charge in [-0.05, 0) is 55.0 Å². The molecule has 3 aromatic rings. The normalized spacial score (nSPS) is 14.6. The Morgan fingerprint density at radius 1 is 0.968 bits per heavy atom. The maximum absolute atomic E-state index is 13.3. The molecule has 0 unspecified atom stereocenters. The zero-order valence-electron chi connectivity index (χ0n) is 17.0. The molecule has 0 radical (unpaired) electrons. The highest BCUT2D eigenvalue weighted by atomic mass is 16.6. The van der Waals surface area contributed by atoms with Gasteiger partial charge in [0.15, 0.2) is 0 Å². The molecule has 4 rings (SSSR count). The fourth-order valence-corrected chi connectivity index (χ4v) is 3.23. The largest absolute Gasteiger partial charge is 0.497 e.